The molecule has 1 amide bonds. The van der Waals surface area contributed by atoms with E-state index in [1.807, 2.05) is 12.1 Å². The van der Waals surface area contributed by atoms with Gasteiger partial charge in [0, 0.05) is 17.8 Å². The summed E-state index contributed by atoms with van der Waals surface area (Å²) in [5.41, 5.74) is 0.697. The number of amides is 1. The van der Waals surface area contributed by atoms with Gasteiger partial charge in [0.05, 0.1) is 5.69 Å². The highest BCUT2D eigenvalue weighted by molar-refractivity contribution is 5.89. The van der Waals surface area contributed by atoms with E-state index in [4.69, 9.17) is 0 Å². The molecule has 0 saturated carbocycles. The molecule has 0 aliphatic carbocycles. The number of pyridine rings is 1. The van der Waals surface area contributed by atoms with Gasteiger partial charge < -0.3 is 10.4 Å². The van der Waals surface area contributed by atoms with Crippen LogP contribution in [0.25, 0.3) is 16.8 Å². The van der Waals surface area contributed by atoms with Gasteiger partial charge in [0.2, 0.25) is 6.41 Å². The minimum Gasteiger partial charge on any atom is -0.508 e. The second-order valence-electron chi connectivity index (χ2n) is 3.22. The van der Waals surface area contributed by atoms with Gasteiger partial charge in [-0.1, -0.05) is 6.07 Å². The Morgan fingerprint density at radius 2 is 2.19 bits per heavy atom. The van der Waals surface area contributed by atoms with E-state index in [1.54, 1.807) is 24.4 Å². The summed E-state index contributed by atoms with van der Waals surface area (Å²) in [7, 11) is 0. The number of hydrogen-bond donors (Lipinski definition) is 2. The zero-order valence-corrected chi connectivity index (χ0v) is 8.42. The molecule has 2 N–H and O–H groups in total. The van der Waals surface area contributed by atoms with Gasteiger partial charge in [-0.05, 0) is 29.7 Å². The molecule has 0 unspecified atom stereocenters. The molecule has 80 valence electrons. The number of rotatable bonds is 3. The number of aromatic nitrogens is 1. The number of carbonyl (C=O) groups is 1. The highest BCUT2D eigenvalue weighted by Gasteiger charge is 2.00. The lowest BCUT2D eigenvalue weighted by molar-refractivity contribution is -0.108. The van der Waals surface area contributed by atoms with Crippen molar-refractivity contribution >= 4 is 23.3 Å². The van der Waals surface area contributed by atoms with E-state index in [9.17, 15) is 9.90 Å². The average molecular weight is 214 g/mol. The first-order chi connectivity index (χ1) is 7.81. The van der Waals surface area contributed by atoms with Gasteiger partial charge in [-0.25, -0.2) is 0 Å². The summed E-state index contributed by atoms with van der Waals surface area (Å²) < 4.78 is 0. The Balaban J connectivity index is 2.51. The summed E-state index contributed by atoms with van der Waals surface area (Å²) in [5, 5.41) is 13.6. The van der Waals surface area contributed by atoms with Crippen molar-refractivity contribution in [3.8, 4) is 5.75 Å². The number of benzene rings is 1. The van der Waals surface area contributed by atoms with Gasteiger partial charge in [0.1, 0.15) is 5.75 Å². The smallest absolute Gasteiger partial charge is 0.211 e. The molecule has 0 spiro atoms. The zero-order valence-electron chi connectivity index (χ0n) is 8.42. The zero-order chi connectivity index (χ0) is 11.4. The van der Waals surface area contributed by atoms with E-state index in [-0.39, 0.29) is 5.75 Å². The Morgan fingerprint density at radius 3 is 3.00 bits per heavy atom. The van der Waals surface area contributed by atoms with E-state index in [1.165, 1.54) is 6.20 Å². The Kier molecular flexibility index (Phi) is 2.82. The molecular formula is C12H10N2O2. The van der Waals surface area contributed by atoms with Crippen molar-refractivity contribution in [1.82, 2.24) is 10.3 Å². The molecule has 0 aliphatic rings. The van der Waals surface area contributed by atoms with Crippen molar-refractivity contribution < 1.29 is 9.90 Å². The summed E-state index contributed by atoms with van der Waals surface area (Å²) in [6.45, 7) is 0. The summed E-state index contributed by atoms with van der Waals surface area (Å²) in [4.78, 5) is 14.3. The fraction of sp³-hybridized carbons (Fsp3) is 0. The number of phenols is 1. The average Bonchev–Trinajstić information content (AvgIpc) is 2.30. The standard InChI is InChI=1S/C12H10N2O2/c15-8-13-5-4-12-11-7-10(16)2-1-9(11)3-6-14-12/h1-8,16H,(H,13,15)/b5-4+. The maximum Gasteiger partial charge on any atom is 0.211 e. The van der Waals surface area contributed by atoms with Crippen molar-refractivity contribution in [2.24, 2.45) is 0 Å². The molecule has 0 radical (unpaired) electrons. The maximum atomic E-state index is 10.1. The van der Waals surface area contributed by atoms with E-state index >= 15 is 0 Å². The van der Waals surface area contributed by atoms with Crippen LogP contribution in [0, 0.1) is 0 Å². The first-order valence-electron chi connectivity index (χ1n) is 4.75. The SMILES string of the molecule is O=CN/C=C/c1nccc2ccc(O)cc12. The van der Waals surface area contributed by atoms with Crippen LogP contribution < -0.4 is 5.32 Å². The quantitative estimate of drug-likeness (QED) is 0.764. The van der Waals surface area contributed by atoms with Crippen LogP contribution in [-0.2, 0) is 4.79 Å². The molecule has 1 heterocycles. The second-order valence-corrected chi connectivity index (χ2v) is 3.22. The third-order valence-electron chi connectivity index (χ3n) is 2.19. The maximum absolute atomic E-state index is 10.1. The van der Waals surface area contributed by atoms with Gasteiger partial charge in [-0.3, -0.25) is 9.78 Å². The van der Waals surface area contributed by atoms with Crippen LogP contribution in [0.3, 0.4) is 0 Å². The Labute approximate surface area is 92.2 Å². The molecule has 4 nitrogen and oxygen atoms in total. The summed E-state index contributed by atoms with van der Waals surface area (Å²) >= 11 is 0. The number of phenolic OH excluding ortho intramolecular Hbond substituents is 1. The first-order valence-corrected chi connectivity index (χ1v) is 4.75. The van der Waals surface area contributed by atoms with E-state index in [0.29, 0.717) is 12.1 Å². The number of aromatic hydroxyl groups is 1. The lowest BCUT2D eigenvalue weighted by atomic mass is 10.1. The number of fused-ring (bicyclic) bond motifs is 1. The molecule has 1 aromatic carbocycles. The molecule has 0 aliphatic heterocycles. The van der Waals surface area contributed by atoms with Crippen molar-refractivity contribution in [2.75, 3.05) is 0 Å². The first kappa shape index (κ1) is 10.2. The molecule has 0 atom stereocenters. The van der Waals surface area contributed by atoms with Gasteiger partial charge in [-0.15, -0.1) is 0 Å². The molecular weight excluding hydrogens is 204 g/mol. The molecule has 4 heteroatoms. The third kappa shape index (κ3) is 2.00. The fourth-order valence-corrected chi connectivity index (χ4v) is 1.48. The van der Waals surface area contributed by atoms with Gasteiger partial charge in [0.15, 0.2) is 0 Å². The molecule has 0 saturated heterocycles. The van der Waals surface area contributed by atoms with Crippen molar-refractivity contribution in [2.45, 2.75) is 0 Å². The minimum absolute atomic E-state index is 0.193. The molecule has 0 bridgehead atoms. The van der Waals surface area contributed by atoms with Crippen molar-refractivity contribution in [3.05, 3.63) is 42.4 Å². The van der Waals surface area contributed by atoms with Gasteiger partial charge in [-0.2, -0.15) is 0 Å². The van der Waals surface area contributed by atoms with Crippen LogP contribution >= 0.6 is 0 Å². The summed E-state index contributed by atoms with van der Waals surface area (Å²) in [6, 6.07) is 6.94. The van der Waals surface area contributed by atoms with Crippen LogP contribution in [0.2, 0.25) is 0 Å². The molecule has 0 fully saturated rings. The predicted molar refractivity (Wildman–Crippen MR) is 61.6 cm³/mol. The van der Waals surface area contributed by atoms with E-state index in [2.05, 4.69) is 10.3 Å². The largest absolute Gasteiger partial charge is 0.508 e. The molecule has 2 aromatic rings. The number of nitrogens with one attached hydrogen (secondary N) is 1. The second kappa shape index (κ2) is 4.44. The van der Waals surface area contributed by atoms with Gasteiger partial charge in [0.25, 0.3) is 0 Å². The lowest BCUT2D eigenvalue weighted by Gasteiger charge is -2.01. The van der Waals surface area contributed by atoms with Crippen LogP contribution in [-0.4, -0.2) is 16.5 Å². The van der Waals surface area contributed by atoms with Crippen LogP contribution in [0.15, 0.2) is 36.7 Å². The van der Waals surface area contributed by atoms with E-state index < -0.39 is 0 Å². The summed E-state index contributed by atoms with van der Waals surface area (Å²) in [5.74, 6) is 0.193. The fourth-order valence-electron chi connectivity index (χ4n) is 1.48. The van der Waals surface area contributed by atoms with Crippen molar-refractivity contribution in [3.63, 3.8) is 0 Å². The highest BCUT2D eigenvalue weighted by atomic mass is 16.3. The number of hydrogen-bond acceptors (Lipinski definition) is 3. The lowest BCUT2D eigenvalue weighted by Crippen LogP contribution is -1.98. The Hall–Kier alpha value is -2.36. The van der Waals surface area contributed by atoms with Gasteiger partial charge >= 0.3 is 0 Å². The number of carbonyl (C=O) groups excluding carboxylic acids is 1. The van der Waals surface area contributed by atoms with Crippen molar-refractivity contribution in [1.29, 1.82) is 0 Å². The Morgan fingerprint density at radius 1 is 1.31 bits per heavy atom. The number of nitrogens with zero attached hydrogens (tertiary/aromatic N) is 1. The third-order valence-corrected chi connectivity index (χ3v) is 2.19. The minimum atomic E-state index is 0.193. The topological polar surface area (TPSA) is 62.2 Å². The van der Waals surface area contributed by atoms with Crippen LogP contribution in [0.4, 0.5) is 0 Å². The monoisotopic (exact) mass is 214 g/mol. The van der Waals surface area contributed by atoms with Crippen LogP contribution in [0.1, 0.15) is 5.69 Å². The molecule has 16 heavy (non-hydrogen) atoms. The molecule has 2 rings (SSSR count). The summed E-state index contributed by atoms with van der Waals surface area (Å²) in [6.07, 6.45) is 5.44. The predicted octanol–water partition coefficient (Wildman–Crippen LogP) is 1.66. The normalized spacial score (nSPS) is 10.8. The molecule has 1 aromatic heterocycles. The van der Waals surface area contributed by atoms with E-state index in [0.717, 1.165) is 10.8 Å². The highest BCUT2D eigenvalue weighted by Crippen LogP contribution is 2.22. The van der Waals surface area contributed by atoms with Crippen LogP contribution in [0.5, 0.6) is 5.75 Å². The Bertz CT molecular complexity index is 550.